The molecule has 2 aliphatic carbocycles. The Labute approximate surface area is 127 Å². The summed E-state index contributed by atoms with van der Waals surface area (Å²) in [5.41, 5.74) is 8.81. The van der Waals surface area contributed by atoms with E-state index >= 15 is 0 Å². The number of hydrogen-bond donors (Lipinski definition) is 2. The molecule has 0 aromatic heterocycles. The molecule has 0 aliphatic heterocycles. The highest BCUT2D eigenvalue weighted by Crippen LogP contribution is 2.33. The summed E-state index contributed by atoms with van der Waals surface area (Å²) in [6.07, 6.45) is 7.44. The normalized spacial score (nSPS) is 23.1. The number of anilines is 1. The van der Waals surface area contributed by atoms with Gasteiger partial charge in [0.15, 0.2) is 0 Å². The lowest BCUT2D eigenvalue weighted by atomic mass is 9.91. The molecule has 3 N–H and O–H groups in total. The average Bonchev–Trinajstić information content (AvgIpc) is 2.81. The smallest absolute Gasteiger partial charge is 0.212 e. The molecule has 0 spiro atoms. The number of benzene rings is 1. The Hall–Kier alpha value is -1.07. The third-order valence-electron chi connectivity index (χ3n) is 4.75. The molecular weight excluding hydrogens is 284 g/mol. The molecule has 0 bridgehead atoms. The van der Waals surface area contributed by atoms with Crippen molar-refractivity contribution in [2.24, 2.45) is 5.92 Å². The molecule has 0 radical (unpaired) electrons. The zero-order valence-corrected chi connectivity index (χ0v) is 13.2. The van der Waals surface area contributed by atoms with Gasteiger partial charge in [-0.3, -0.25) is 0 Å². The van der Waals surface area contributed by atoms with Gasteiger partial charge in [0.05, 0.1) is 5.75 Å². The Morgan fingerprint density at radius 2 is 1.90 bits per heavy atom. The van der Waals surface area contributed by atoms with Crippen molar-refractivity contribution in [2.45, 2.75) is 51.0 Å². The molecule has 1 fully saturated rings. The Morgan fingerprint density at radius 3 is 2.67 bits per heavy atom. The second-order valence-electron chi connectivity index (χ2n) is 6.45. The van der Waals surface area contributed by atoms with Crippen LogP contribution in [0, 0.1) is 5.92 Å². The van der Waals surface area contributed by atoms with Gasteiger partial charge in [0.2, 0.25) is 10.0 Å². The largest absolute Gasteiger partial charge is 0.399 e. The topological polar surface area (TPSA) is 72.2 Å². The minimum Gasteiger partial charge on any atom is -0.399 e. The highest BCUT2D eigenvalue weighted by Gasteiger charge is 2.28. The highest BCUT2D eigenvalue weighted by molar-refractivity contribution is 7.89. The van der Waals surface area contributed by atoms with Gasteiger partial charge in [-0.2, -0.15) is 0 Å². The molecule has 1 saturated carbocycles. The summed E-state index contributed by atoms with van der Waals surface area (Å²) in [5.74, 6) is 0.622. The number of aryl methyl sites for hydroxylation is 1. The molecule has 3 rings (SSSR count). The van der Waals surface area contributed by atoms with Crippen LogP contribution in [0.4, 0.5) is 5.69 Å². The zero-order chi connectivity index (χ0) is 14.9. The number of nitrogen functional groups attached to an aromatic ring is 1. The number of fused-ring (bicyclic) bond motifs is 1. The van der Waals surface area contributed by atoms with Crippen molar-refractivity contribution < 1.29 is 8.42 Å². The molecule has 1 unspecified atom stereocenters. The Kier molecular flexibility index (Phi) is 4.22. The molecule has 4 nitrogen and oxygen atoms in total. The third-order valence-corrected chi connectivity index (χ3v) is 6.30. The van der Waals surface area contributed by atoms with Crippen molar-refractivity contribution in [2.75, 3.05) is 11.5 Å². The van der Waals surface area contributed by atoms with Crippen LogP contribution in [0.5, 0.6) is 0 Å². The fraction of sp³-hybridized carbons (Fsp3) is 0.625. The maximum absolute atomic E-state index is 12.4. The first kappa shape index (κ1) is 14.9. The Balaban J connectivity index is 1.66. The van der Waals surface area contributed by atoms with E-state index in [1.165, 1.54) is 24.8 Å². The van der Waals surface area contributed by atoms with E-state index in [-0.39, 0.29) is 11.8 Å². The first-order chi connectivity index (χ1) is 10.0. The van der Waals surface area contributed by atoms with Gasteiger partial charge in [0, 0.05) is 11.7 Å². The van der Waals surface area contributed by atoms with Crippen LogP contribution in [0.25, 0.3) is 0 Å². The maximum Gasteiger partial charge on any atom is 0.212 e. The van der Waals surface area contributed by atoms with Crippen LogP contribution in [0.15, 0.2) is 18.2 Å². The van der Waals surface area contributed by atoms with E-state index in [0.717, 1.165) is 36.9 Å². The summed E-state index contributed by atoms with van der Waals surface area (Å²) in [4.78, 5) is 0. The van der Waals surface area contributed by atoms with Crippen molar-refractivity contribution in [3.05, 3.63) is 29.3 Å². The van der Waals surface area contributed by atoms with Crippen LogP contribution in [-0.4, -0.2) is 14.2 Å². The summed E-state index contributed by atoms with van der Waals surface area (Å²) in [5, 5.41) is 0. The molecule has 0 saturated heterocycles. The number of nitrogens with two attached hydrogens (primary N) is 1. The molecular formula is C16H24N2O2S. The molecule has 116 valence electrons. The quantitative estimate of drug-likeness (QED) is 0.840. The fourth-order valence-corrected chi connectivity index (χ4v) is 5.42. The number of hydrogen-bond acceptors (Lipinski definition) is 3. The summed E-state index contributed by atoms with van der Waals surface area (Å²) >= 11 is 0. The molecule has 1 aromatic rings. The molecule has 0 heterocycles. The van der Waals surface area contributed by atoms with Gasteiger partial charge in [-0.1, -0.05) is 25.3 Å². The summed E-state index contributed by atoms with van der Waals surface area (Å²) < 4.78 is 27.7. The lowest BCUT2D eigenvalue weighted by molar-refractivity contribution is 0.383. The summed E-state index contributed by atoms with van der Waals surface area (Å²) in [6, 6.07) is 5.71. The van der Waals surface area contributed by atoms with E-state index in [2.05, 4.69) is 4.72 Å². The van der Waals surface area contributed by atoms with E-state index in [4.69, 9.17) is 5.73 Å². The van der Waals surface area contributed by atoms with E-state index in [1.807, 2.05) is 18.2 Å². The lowest BCUT2D eigenvalue weighted by Crippen LogP contribution is -2.33. The van der Waals surface area contributed by atoms with E-state index in [1.54, 1.807) is 0 Å². The summed E-state index contributed by atoms with van der Waals surface area (Å²) in [6.45, 7) is 0. The molecule has 0 amide bonds. The minimum atomic E-state index is -3.20. The summed E-state index contributed by atoms with van der Waals surface area (Å²) in [7, 11) is -3.20. The second kappa shape index (κ2) is 5.97. The van der Waals surface area contributed by atoms with Crippen molar-refractivity contribution in [1.82, 2.24) is 4.72 Å². The van der Waals surface area contributed by atoms with Crippen LogP contribution in [0.2, 0.25) is 0 Å². The van der Waals surface area contributed by atoms with Crippen molar-refractivity contribution in [3.8, 4) is 0 Å². The van der Waals surface area contributed by atoms with E-state index < -0.39 is 10.0 Å². The van der Waals surface area contributed by atoms with Gasteiger partial charge in [0.1, 0.15) is 0 Å². The van der Waals surface area contributed by atoms with Crippen LogP contribution in [0.3, 0.4) is 0 Å². The highest BCUT2D eigenvalue weighted by atomic mass is 32.2. The molecule has 5 heteroatoms. The van der Waals surface area contributed by atoms with Gasteiger partial charge in [-0.05, 0) is 54.9 Å². The predicted molar refractivity (Wildman–Crippen MR) is 85.4 cm³/mol. The first-order valence-electron chi connectivity index (χ1n) is 7.92. The standard InChI is InChI=1S/C16H24N2O2S/c17-14-7-8-15-13(10-14)6-9-16(15)18-21(19,20)11-12-4-2-1-3-5-12/h7-8,10,12,16,18H,1-6,9,11,17H2. The van der Waals surface area contributed by atoms with Gasteiger partial charge < -0.3 is 5.73 Å². The monoisotopic (exact) mass is 308 g/mol. The van der Waals surface area contributed by atoms with Gasteiger partial charge in [-0.25, -0.2) is 13.1 Å². The van der Waals surface area contributed by atoms with Crippen molar-refractivity contribution in [1.29, 1.82) is 0 Å². The van der Waals surface area contributed by atoms with Crippen LogP contribution in [-0.2, 0) is 16.4 Å². The maximum atomic E-state index is 12.4. The molecule has 21 heavy (non-hydrogen) atoms. The first-order valence-corrected chi connectivity index (χ1v) is 9.57. The van der Waals surface area contributed by atoms with Crippen LogP contribution < -0.4 is 10.5 Å². The van der Waals surface area contributed by atoms with Gasteiger partial charge in [-0.15, -0.1) is 0 Å². The van der Waals surface area contributed by atoms with Crippen molar-refractivity contribution >= 4 is 15.7 Å². The number of nitrogens with one attached hydrogen (secondary N) is 1. The second-order valence-corrected chi connectivity index (χ2v) is 8.25. The molecule has 1 atom stereocenters. The van der Waals surface area contributed by atoms with Gasteiger partial charge >= 0.3 is 0 Å². The lowest BCUT2D eigenvalue weighted by Gasteiger charge is -2.23. The fourth-order valence-electron chi connectivity index (χ4n) is 3.69. The zero-order valence-electron chi connectivity index (χ0n) is 12.3. The minimum absolute atomic E-state index is 0.0748. The third kappa shape index (κ3) is 3.58. The van der Waals surface area contributed by atoms with Gasteiger partial charge in [0.25, 0.3) is 0 Å². The SMILES string of the molecule is Nc1ccc2c(c1)CCC2NS(=O)(=O)CC1CCCCC1. The Bertz CT molecular complexity index is 607. The molecule has 2 aliphatic rings. The van der Waals surface area contributed by atoms with Crippen LogP contribution in [0.1, 0.15) is 55.7 Å². The number of sulfonamides is 1. The Morgan fingerprint density at radius 1 is 1.14 bits per heavy atom. The number of rotatable bonds is 4. The van der Waals surface area contributed by atoms with E-state index in [9.17, 15) is 8.42 Å². The van der Waals surface area contributed by atoms with Crippen molar-refractivity contribution in [3.63, 3.8) is 0 Å². The molecule has 1 aromatic carbocycles. The average molecular weight is 308 g/mol. The predicted octanol–water partition coefficient (Wildman–Crippen LogP) is 2.76. The van der Waals surface area contributed by atoms with Crippen LogP contribution >= 0.6 is 0 Å². The van der Waals surface area contributed by atoms with E-state index in [0.29, 0.717) is 5.92 Å².